The predicted molar refractivity (Wildman–Crippen MR) is 87.6 cm³/mol. The first-order chi connectivity index (χ1) is 10.2. The highest BCUT2D eigenvalue weighted by Crippen LogP contribution is 2.32. The summed E-state index contributed by atoms with van der Waals surface area (Å²) in [5.41, 5.74) is 3.30. The maximum atomic E-state index is 5.46. The van der Waals surface area contributed by atoms with Crippen molar-refractivity contribution in [2.45, 2.75) is 6.54 Å². The molecule has 0 unspecified atom stereocenters. The third kappa shape index (κ3) is 3.40. The van der Waals surface area contributed by atoms with Gasteiger partial charge in [-0.3, -0.25) is 0 Å². The molecular formula is C17H22N2O2. The molecule has 112 valence electrons. The third-order valence-corrected chi connectivity index (χ3v) is 3.34. The van der Waals surface area contributed by atoms with Crippen LogP contribution >= 0.6 is 0 Å². The van der Waals surface area contributed by atoms with Crippen LogP contribution in [-0.2, 0) is 6.54 Å². The van der Waals surface area contributed by atoms with Crippen LogP contribution in [0.5, 0.6) is 11.5 Å². The number of methoxy groups -OCH3 is 2. The molecule has 0 amide bonds. The second-order valence-corrected chi connectivity index (χ2v) is 4.92. The number of rotatable bonds is 6. The molecular weight excluding hydrogens is 264 g/mol. The van der Waals surface area contributed by atoms with Gasteiger partial charge in [0, 0.05) is 26.2 Å². The molecule has 0 aliphatic carbocycles. The van der Waals surface area contributed by atoms with Gasteiger partial charge in [0.1, 0.15) is 0 Å². The Morgan fingerprint density at radius 1 is 0.952 bits per heavy atom. The van der Waals surface area contributed by atoms with Gasteiger partial charge in [-0.2, -0.15) is 0 Å². The highest BCUT2D eigenvalue weighted by Gasteiger charge is 2.10. The quantitative estimate of drug-likeness (QED) is 0.882. The van der Waals surface area contributed by atoms with Crippen LogP contribution in [0.2, 0.25) is 0 Å². The number of ether oxygens (including phenoxy) is 2. The van der Waals surface area contributed by atoms with Crippen LogP contribution in [0.1, 0.15) is 5.56 Å². The van der Waals surface area contributed by atoms with E-state index >= 15 is 0 Å². The predicted octanol–water partition coefficient (Wildman–Crippen LogP) is 3.38. The summed E-state index contributed by atoms with van der Waals surface area (Å²) in [6.45, 7) is 0.672. The van der Waals surface area contributed by atoms with E-state index in [2.05, 4.69) is 22.3 Å². The van der Waals surface area contributed by atoms with Gasteiger partial charge in [-0.05, 0) is 18.2 Å². The molecule has 2 rings (SSSR count). The molecule has 0 radical (unpaired) electrons. The maximum Gasteiger partial charge on any atom is 0.165 e. The number of anilines is 2. The van der Waals surface area contributed by atoms with E-state index < -0.39 is 0 Å². The van der Waals surface area contributed by atoms with Crippen LogP contribution in [0.3, 0.4) is 0 Å². The van der Waals surface area contributed by atoms with Crippen LogP contribution in [0.4, 0.5) is 11.4 Å². The maximum absolute atomic E-state index is 5.46. The zero-order valence-electron chi connectivity index (χ0n) is 13.0. The number of para-hydroxylation sites is 3. The van der Waals surface area contributed by atoms with Gasteiger partial charge in [0.05, 0.1) is 25.6 Å². The van der Waals surface area contributed by atoms with Crippen LogP contribution in [-0.4, -0.2) is 28.3 Å². The van der Waals surface area contributed by atoms with Crippen molar-refractivity contribution in [2.24, 2.45) is 0 Å². The topological polar surface area (TPSA) is 33.7 Å². The largest absolute Gasteiger partial charge is 0.493 e. The summed E-state index contributed by atoms with van der Waals surface area (Å²) in [7, 11) is 7.38. The van der Waals surface area contributed by atoms with Gasteiger partial charge in [-0.25, -0.2) is 0 Å². The van der Waals surface area contributed by atoms with Crippen molar-refractivity contribution in [2.75, 3.05) is 38.5 Å². The minimum atomic E-state index is 0.672. The van der Waals surface area contributed by atoms with Crippen molar-refractivity contribution in [1.29, 1.82) is 0 Å². The first-order valence-corrected chi connectivity index (χ1v) is 6.87. The normalized spacial score (nSPS) is 10.1. The zero-order chi connectivity index (χ0) is 15.2. The van der Waals surface area contributed by atoms with E-state index in [-0.39, 0.29) is 0 Å². The summed E-state index contributed by atoms with van der Waals surface area (Å²) in [6.07, 6.45) is 0. The Bertz CT molecular complexity index is 597. The van der Waals surface area contributed by atoms with Gasteiger partial charge in [0.25, 0.3) is 0 Å². The first-order valence-electron chi connectivity index (χ1n) is 6.87. The van der Waals surface area contributed by atoms with Gasteiger partial charge in [-0.15, -0.1) is 0 Å². The number of nitrogens with one attached hydrogen (secondary N) is 1. The monoisotopic (exact) mass is 286 g/mol. The highest BCUT2D eigenvalue weighted by atomic mass is 16.5. The molecule has 0 saturated carbocycles. The molecule has 0 atom stereocenters. The van der Waals surface area contributed by atoms with Gasteiger partial charge >= 0.3 is 0 Å². The van der Waals surface area contributed by atoms with E-state index in [1.165, 1.54) is 0 Å². The SMILES string of the molecule is COc1cccc(CNc2ccccc2N(C)C)c1OC. The van der Waals surface area contributed by atoms with Crippen molar-refractivity contribution >= 4 is 11.4 Å². The van der Waals surface area contributed by atoms with Crippen molar-refractivity contribution in [3.63, 3.8) is 0 Å². The number of nitrogens with zero attached hydrogens (tertiary/aromatic N) is 1. The molecule has 1 N–H and O–H groups in total. The Kier molecular flexibility index (Phi) is 4.93. The summed E-state index contributed by atoms with van der Waals surface area (Å²) >= 11 is 0. The van der Waals surface area contributed by atoms with Gasteiger partial charge in [-0.1, -0.05) is 24.3 Å². The van der Waals surface area contributed by atoms with Crippen LogP contribution in [0.25, 0.3) is 0 Å². The molecule has 0 spiro atoms. The summed E-state index contributed by atoms with van der Waals surface area (Å²) in [6, 6.07) is 14.1. The van der Waals surface area contributed by atoms with E-state index in [0.717, 1.165) is 28.4 Å². The lowest BCUT2D eigenvalue weighted by atomic mass is 10.1. The van der Waals surface area contributed by atoms with E-state index in [0.29, 0.717) is 6.54 Å². The van der Waals surface area contributed by atoms with Crippen molar-refractivity contribution < 1.29 is 9.47 Å². The first kappa shape index (κ1) is 15.0. The van der Waals surface area contributed by atoms with Gasteiger partial charge in [0.2, 0.25) is 0 Å². The Morgan fingerprint density at radius 3 is 2.38 bits per heavy atom. The second kappa shape index (κ2) is 6.88. The average Bonchev–Trinajstić information content (AvgIpc) is 2.52. The Morgan fingerprint density at radius 2 is 1.71 bits per heavy atom. The van der Waals surface area contributed by atoms with Crippen molar-refractivity contribution in [1.82, 2.24) is 0 Å². The van der Waals surface area contributed by atoms with E-state index in [4.69, 9.17) is 9.47 Å². The molecule has 0 aliphatic rings. The standard InChI is InChI=1S/C17H22N2O2/c1-19(2)15-10-6-5-9-14(15)18-12-13-8-7-11-16(20-3)17(13)21-4/h5-11,18H,12H2,1-4H3. The molecule has 0 aliphatic heterocycles. The van der Waals surface area contributed by atoms with Crippen molar-refractivity contribution in [3.8, 4) is 11.5 Å². The molecule has 4 nitrogen and oxygen atoms in total. The smallest absolute Gasteiger partial charge is 0.165 e. The third-order valence-electron chi connectivity index (χ3n) is 3.34. The summed E-state index contributed by atoms with van der Waals surface area (Å²) in [5.74, 6) is 1.52. The number of benzene rings is 2. The molecule has 21 heavy (non-hydrogen) atoms. The van der Waals surface area contributed by atoms with E-state index in [1.807, 2.05) is 44.4 Å². The van der Waals surface area contributed by atoms with Crippen molar-refractivity contribution in [3.05, 3.63) is 48.0 Å². The van der Waals surface area contributed by atoms with Crippen LogP contribution < -0.4 is 19.7 Å². The molecule has 4 heteroatoms. The summed E-state index contributed by atoms with van der Waals surface area (Å²) in [5, 5.41) is 3.46. The minimum Gasteiger partial charge on any atom is -0.493 e. The fourth-order valence-corrected chi connectivity index (χ4v) is 2.30. The fraction of sp³-hybridized carbons (Fsp3) is 0.294. The van der Waals surface area contributed by atoms with E-state index in [9.17, 15) is 0 Å². The minimum absolute atomic E-state index is 0.672. The summed E-state index contributed by atoms with van der Waals surface area (Å²) < 4.78 is 10.8. The Labute approximate surface area is 126 Å². The second-order valence-electron chi connectivity index (χ2n) is 4.92. The molecule has 0 fully saturated rings. The van der Waals surface area contributed by atoms with Crippen LogP contribution in [0.15, 0.2) is 42.5 Å². The molecule has 0 saturated heterocycles. The number of hydrogen-bond donors (Lipinski definition) is 1. The molecule has 2 aromatic rings. The Hall–Kier alpha value is -2.36. The molecule has 2 aromatic carbocycles. The fourth-order valence-electron chi connectivity index (χ4n) is 2.30. The summed E-state index contributed by atoms with van der Waals surface area (Å²) in [4.78, 5) is 2.09. The molecule has 0 bridgehead atoms. The number of hydrogen-bond acceptors (Lipinski definition) is 4. The Balaban J connectivity index is 2.21. The molecule has 0 heterocycles. The lowest BCUT2D eigenvalue weighted by molar-refractivity contribution is 0.352. The van der Waals surface area contributed by atoms with E-state index in [1.54, 1.807) is 14.2 Å². The van der Waals surface area contributed by atoms with Gasteiger partial charge < -0.3 is 19.7 Å². The highest BCUT2D eigenvalue weighted by molar-refractivity contribution is 5.69. The zero-order valence-corrected chi connectivity index (χ0v) is 13.0. The van der Waals surface area contributed by atoms with Gasteiger partial charge in [0.15, 0.2) is 11.5 Å². The molecule has 0 aromatic heterocycles. The lowest BCUT2D eigenvalue weighted by Crippen LogP contribution is -2.12. The lowest BCUT2D eigenvalue weighted by Gasteiger charge is -2.19. The van der Waals surface area contributed by atoms with Crippen LogP contribution in [0, 0.1) is 0 Å². The average molecular weight is 286 g/mol.